The van der Waals surface area contributed by atoms with Gasteiger partial charge in [0.05, 0.1) is 10.5 Å². The predicted molar refractivity (Wildman–Crippen MR) is 109 cm³/mol. The first kappa shape index (κ1) is 18.6. The number of ether oxygens (including phenoxy) is 1. The van der Waals surface area contributed by atoms with Crippen LogP contribution >= 0.6 is 15.9 Å². The van der Waals surface area contributed by atoms with Crippen LogP contribution in [0.3, 0.4) is 0 Å². The number of hydrogen-bond acceptors (Lipinski definition) is 5. The Labute approximate surface area is 171 Å². The molecule has 3 aromatic rings. The standard InChI is InChI=1S/C20H20BrN5O2/c1-12-6-9-18(17(21)10-12)28-13(2)20(27)22-15-5-3-4-14(11-15)19-23-24-25-26(19)16-7-8-16/h3-6,9-11,13,16H,7-8H2,1-2H3,(H,22,27). The third-order valence-electron chi connectivity index (χ3n) is 4.53. The van der Waals surface area contributed by atoms with Crippen molar-refractivity contribution in [2.75, 3.05) is 5.32 Å². The lowest BCUT2D eigenvalue weighted by Gasteiger charge is -2.16. The molecule has 1 saturated carbocycles. The Bertz CT molecular complexity index is 1020. The average molecular weight is 442 g/mol. The summed E-state index contributed by atoms with van der Waals surface area (Å²) in [5.41, 5.74) is 2.65. The summed E-state index contributed by atoms with van der Waals surface area (Å²) in [4.78, 5) is 12.6. The zero-order valence-electron chi connectivity index (χ0n) is 15.6. The lowest BCUT2D eigenvalue weighted by atomic mass is 10.2. The fourth-order valence-electron chi connectivity index (χ4n) is 2.87. The van der Waals surface area contributed by atoms with Gasteiger partial charge < -0.3 is 10.1 Å². The van der Waals surface area contributed by atoms with Gasteiger partial charge in [0, 0.05) is 11.3 Å². The topological polar surface area (TPSA) is 81.9 Å². The van der Waals surface area contributed by atoms with Crippen molar-refractivity contribution in [2.24, 2.45) is 0 Å². The molecule has 1 amide bonds. The van der Waals surface area contributed by atoms with Crippen LogP contribution in [0.1, 0.15) is 31.4 Å². The van der Waals surface area contributed by atoms with E-state index < -0.39 is 6.10 Å². The van der Waals surface area contributed by atoms with E-state index in [1.165, 1.54) is 0 Å². The van der Waals surface area contributed by atoms with E-state index in [0.717, 1.165) is 28.4 Å². The summed E-state index contributed by atoms with van der Waals surface area (Å²) in [5, 5.41) is 14.9. The largest absolute Gasteiger partial charge is 0.480 e. The summed E-state index contributed by atoms with van der Waals surface area (Å²) in [6.45, 7) is 3.72. The van der Waals surface area contributed by atoms with Crippen molar-refractivity contribution < 1.29 is 9.53 Å². The maximum Gasteiger partial charge on any atom is 0.265 e. The molecule has 1 heterocycles. The highest BCUT2D eigenvalue weighted by Gasteiger charge is 2.28. The third-order valence-corrected chi connectivity index (χ3v) is 5.15. The van der Waals surface area contributed by atoms with Crippen molar-refractivity contribution in [1.29, 1.82) is 0 Å². The van der Waals surface area contributed by atoms with Gasteiger partial charge >= 0.3 is 0 Å². The van der Waals surface area contributed by atoms with Crippen LogP contribution < -0.4 is 10.1 Å². The lowest BCUT2D eigenvalue weighted by molar-refractivity contribution is -0.122. The van der Waals surface area contributed by atoms with Gasteiger partial charge in [0.15, 0.2) is 11.9 Å². The molecule has 4 rings (SSSR count). The van der Waals surface area contributed by atoms with Gasteiger partial charge in [0.25, 0.3) is 5.91 Å². The van der Waals surface area contributed by atoms with Crippen LogP contribution in [0.2, 0.25) is 0 Å². The maximum absolute atomic E-state index is 12.6. The van der Waals surface area contributed by atoms with Crippen LogP contribution in [0.25, 0.3) is 11.4 Å². The number of amides is 1. The fourth-order valence-corrected chi connectivity index (χ4v) is 3.46. The van der Waals surface area contributed by atoms with Crippen molar-refractivity contribution in [3.8, 4) is 17.1 Å². The van der Waals surface area contributed by atoms with Gasteiger partial charge in [-0.3, -0.25) is 4.79 Å². The van der Waals surface area contributed by atoms with E-state index >= 15 is 0 Å². The predicted octanol–water partition coefficient (Wildman–Crippen LogP) is 4.15. The highest BCUT2D eigenvalue weighted by Crippen LogP contribution is 2.36. The number of benzene rings is 2. The van der Waals surface area contributed by atoms with Crippen LogP contribution in [-0.4, -0.2) is 32.2 Å². The number of rotatable bonds is 6. The summed E-state index contributed by atoms with van der Waals surface area (Å²) in [6, 6.07) is 13.6. The number of tetrazole rings is 1. The van der Waals surface area contributed by atoms with Gasteiger partial charge in [-0.25, -0.2) is 4.68 Å². The van der Waals surface area contributed by atoms with Gasteiger partial charge in [-0.05, 0) is 82.9 Å². The Morgan fingerprint density at radius 2 is 2.11 bits per heavy atom. The molecule has 2 aromatic carbocycles. The molecule has 28 heavy (non-hydrogen) atoms. The minimum atomic E-state index is -0.653. The van der Waals surface area contributed by atoms with Crippen LogP contribution in [0.4, 0.5) is 5.69 Å². The number of hydrogen-bond donors (Lipinski definition) is 1. The summed E-state index contributed by atoms with van der Waals surface area (Å²) in [5.74, 6) is 1.11. The van der Waals surface area contributed by atoms with Crippen LogP contribution in [0, 0.1) is 6.92 Å². The Hall–Kier alpha value is -2.74. The minimum Gasteiger partial charge on any atom is -0.480 e. The average Bonchev–Trinajstić information content (AvgIpc) is 3.40. The summed E-state index contributed by atoms with van der Waals surface area (Å²) < 4.78 is 8.47. The van der Waals surface area contributed by atoms with Crippen LogP contribution in [0.5, 0.6) is 5.75 Å². The van der Waals surface area contributed by atoms with Crippen molar-refractivity contribution >= 4 is 27.5 Å². The van der Waals surface area contributed by atoms with Gasteiger partial charge in [0.2, 0.25) is 0 Å². The van der Waals surface area contributed by atoms with Crippen molar-refractivity contribution in [3.05, 3.63) is 52.5 Å². The second-order valence-corrected chi connectivity index (χ2v) is 7.80. The monoisotopic (exact) mass is 441 g/mol. The number of carbonyl (C=O) groups is 1. The molecule has 0 aliphatic heterocycles. The Kier molecular flexibility index (Phi) is 5.13. The summed E-state index contributed by atoms with van der Waals surface area (Å²) in [6.07, 6.45) is 1.54. The van der Waals surface area contributed by atoms with E-state index in [-0.39, 0.29) is 5.91 Å². The van der Waals surface area contributed by atoms with E-state index in [9.17, 15) is 4.79 Å². The molecule has 0 radical (unpaired) electrons. The number of nitrogens with zero attached hydrogens (tertiary/aromatic N) is 4. The second kappa shape index (κ2) is 7.71. The van der Waals surface area contributed by atoms with E-state index in [2.05, 4.69) is 36.8 Å². The molecule has 0 saturated heterocycles. The van der Waals surface area contributed by atoms with Crippen molar-refractivity contribution in [1.82, 2.24) is 20.2 Å². The van der Waals surface area contributed by atoms with Crippen molar-refractivity contribution in [2.45, 2.75) is 38.8 Å². The number of anilines is 1. The number of carbonyl (C=O) groups excluding carboxylic acids is 1. The molecule has 0 spiro atoms. The van der Waals surface area contributed by atoms with E-state index in [1.807, 2.05) is 54.1 Å². The Balaban J connectivity index is 1.46. The molecule has 8 heteroatoms. The fraction of sp³-hybridized carbons (Fsp3) is 0.300. The first-order valence-electron chi connectivity index (χ1n) is 9.13. The normalized spacial score (nSPS) is 14.5. The van der Waals surface area contributed by atoms with E-state index in [0.29, 0.717) is 23.3 Å². The zero-order chi connectivity index (χ0) is 19.7. The quantitative estimate of drug-likeness (QED) is 0.620. The summed E-state index contributed by atoms with van der Waals surface area (Å²) in [7, 11) is 0. The minimum absolute atomic E-state index is 0.230. The maximum atomic E-state index is 12.6. The van der Waals surface area contributed by atoms with Crippen molar-refractivity contribution in [3.63, 3.8) is 0 Å². The number of halogens is 1. The molecular formula is C20H20BrN5O2. The third kappa shape index (κ3) is 4.06. The number of nitrogens with one attached hydrogen (secondary N) is 1. The molecule has 1 unspecified atom stereocenters. The molecular weight excluding hydrogens is 422 g/mol. The van der Waals surface area contributed by atoms with Crippen LogP contribution in [0.15, 0.2) is 46.9 Å². The molecule has 1 atom stereocenters. The molecule has 1 fully saturated rings. The highest BCUT2D eigenvalue weighted by molar-refractivity contribution is 9.10. The SMILES string of the molecule is Cc1ccc(OC(C)C(=O)Nc2cccc(-c3nnnn3C3CC3)c2)c(Br)c1. The Morgan fingerprint density at radius 3 is 2.86 bits per heavy atom. The molecule has 144 valence electrons. The molecule has 7 nitrogen and oxygen atoms in total. The number of aryl methyl sites for hydroxylation is 1. The molecule has 1 N–H and O–H groups in total. The van der Waals surface area contributed by atoms with Gasteiger partial charge in [-0.2, -0.15) is 0 Å². The van der Waals surface area contributed by atoms with Crippen LogP contribution in [-0.2, 0) is 4.79 Å². The second-order valence-electron chi connectivity index (χ2n) is 6.94. The first-order chi connectivity index (χ1) is 13.5. The summed E-state index contributed by atoms with van der Waals surface area (Å²) >= 11 is 3.47. The van der Waals surface area contributed by atoms with E-state index in [1.54, 1.807) is 6.92 Å². The van der Waals surface area contributed by atoms with Gasteiger partial charge in [-0.1, -0.05) is 18.2 Å². The Morgan fingerprint density at radius 1 is 1.29 bits per heavy atom. The smallest absolute Gasteiger partial charge is 0.265 e. The molecule has 1 aliphatic carbocycles. The molecule has 1 aliphatic rings. The number of aromatic nitrogens is 4. The lowest BCUT2D eigenvalue weighted by Crippen LogP contribution is -2.30. The first-order valence-corrected chi connectivity index (χ1v) is 9.92. The zero-order valence-corrected chi connectivity index (χ0v) is 17.2. The van der Waals surface area contributed by atoms with Gasteiger partial charge in [0.1, 0.15) is 5.75 Å². The molecule has 0 bridgehead atoms. The highest BCUT2D eigenvalue weighted by atomic mass is 79.9. The van der Waals surface area contributed by atoms with Gasteiger partial charge in [-0.15, -0.1) is 5.10 Å². The molecule has 1 aromatic heterocycles. The van der Waals surface area contributed by atoms with E-state index in [4.69, 9.17) is 4.74 Å².